The van der Waals surface area contributed by atoms with Crippen LogP contribution < -0.4 is 41.6 Å². The number of benzene rings is 3. The van der Waals surface area contributed by atoms with Crippen LogP contribution in [0.4, 0.5) is 34.6 Å². The molecule has 0 radical (unpaired) electrons. The standard InChI is InChI=1S/C24H27N7O4.C24H25N7O2.C2H6/c32-21-19-18(14-25-29-21)27-23(31-9-11-35-12-10-31)28-20(19)26-15-1-3-16(4-2-15)30-7-5-24(6-8-30)13-17(24)22(33)34;1-33-19-8-4-17(5-9-19)22-28-20-14-26-30-24(32)21(20)23(29-22)27-18-6-2-16(3-7-18)15-31-12-10-25-11-13-31;1-2/h1-4,14,17H,5-13H2,(H,29,32)(H,33,34)(H,26,27,28);2-9,14,25H,10-13,15H2,1H3,(H,30,32)(H,27,28,29);1-2H3. The average molecular weight is 951 g/mol. The van der Waals surface area contributed by atoms with E-state index in [9.17, 15) is 19.5 Å². The van der Waals surface area contributed by atoms with E-state index in [0.29, 0.717) is 71.5 Å². The smallest absolute Gasteiger partial charge is 0.307 e. The maximum absolute atomic E-state index is 12.5. The molecular formula is C50H58N14O6. The third-order valence-corrected chi connectivity index (χ3v) is 13.2. The van der Waals surface area contributed by atoms with Crippen molar-refractivity contribution in [3.05, 3.63) is 111 Å². The van der Waals surface area contributed by atoms with Crippen LogP contribution in [0.15, 0.2) is 94.8 Å². The van der Waals surface area contributed by atoms with Crippen LogP contribution in [0.2, 0.25) is 0 Å². The number of piperazine rings is 1. The van der Waals surface area contributed by atoms with Crippen molar-refractivity contribution in [1.82, 2.24) is 50.5 Å². The fourth-order valence-electron chi connectivity index (χ4n) is 9.26. The number of morpholine rings is 1. The highest BCUT2D eigenvalue weighted by Crippen LogP contribution is 2.59. The van der Waals surface area contributed by atoms with Crippen LogP contribution in [0.3, 0.4) is 0 Å². The minimum absolute atomic E-state index is 0.0119. The van der Waals surface area contributed by atoms with Crippen LogP contribution in [0.25, 0.3) is 33.2 Å². The summed E-state index contributed by atoms with van der Waals surface area (Å²) in [5, 5.41) is 32.8. The molecule has 1 unspecified atom stereocenters. The van der Waals surface area contributed by atoms with Crippen molar-refractivity contribution in [2.75, 3.05) is 93.1 Å². The number of hydrogen-bond acceptors (Lipinski definition) is 17. The van der Waals surface area contributed by atoms with Crippen molar-refractivity contribution in [2.24, 2.45) is 11.3 Å². The van der Waals surface area contributed by atoms with Crippen molar-refractivity contribution in [1.29, 1.82) is 0 Å². The fraction of sp³-hybridized carbons (Fsp3) is 0.380. The van der Waals surface area contributed by atoms with Gasteiger partial charge >= 0.3 is 5.97 Å². The first-order valence-corrected chi connectivity index (χ1v) is 23.8. The number of carbonyl (C=O) groups is 1. The van der Waals surface area contributed by atoms with Crippen molar-refractivity contribution in [2.45, 2.75) is 39.7 Å². The molecule has 3 aliphatic heterocycles. The number of anilines is 6. The quantitative estimate of drug-likeness (QED) is 0.0931. The lowest BCUT2D eigenvalue weighted by atomic mass is 9.90. The summed E-state index contributed by atoms with van der Waals surface area (Å²) in [5.41, 5.74) is 5.07. The zero-order chi connectivity index (χ0) is 48.6. The normalized spacial score (nSPS) is 17.5. The maximum Gasteiger partial charge on any atom is 0.307 e. The minimum atomic E-state index is -0.655. The molecule has 1 aliphatic carbocycles. The Morgan fingerprint density at radius 2 is 1.33 bits per heavy atom. The Morgan fingerprint density at radius 1 is 0.743 bits per heavy atom. The number of aromatic nitrogens is 8. The van der Waals surface area contributed by atoms with E-state index in [4.69, 9.17) is 9.47 Å². The predicted octanol–water partition coefficient (Wildman–Crippen LogP) is 5.55. The highest BCUT2D eigenvalue weighted by Gasteiger charge is 2.58. The maximum atomic E-state index is 12.5. The van der Waals surface area contributed by atoms with Gasteiger partial charge in [-0.15, -0.1) is 0 Å². The summed E-state index contributed by atoms with van der Waals surface area (Å²) in [6.07, 6.45) is 5.71. The number of H-pyrrole nitrogens is 2. The minimum Gasteiger partial charge on any atom is -0.497 e. The molecule has 4 fully saturated rings. The molecule has 0 bridgehead atoms. The Kier molecular flexibility index (Phi) is 14.5. The summed E-state index contributed by atoms with van der Waals surface area (Å²) in [6.45, 7) is 13.4. The molecular weight excluding hydrogens is 893 g/mol. The Hall–Kier alpha value is -7.55. The van der Waals surface area contributed by atoms with E-state index in [1.54, 1.807) is 7.11 Å². The number of rotatable bonds is 11. The molecule has 6 N–H and O–H groups in total. The summed E-state index contributed by atoms with van der Waals surface area (Å²) >= 11 is 0. The lowest BCUT2D eigenvalue weighted by molar-refractivity contribution is -0.139. The first-order valence-electron chi connectivity index (χ1n) is 23.8. The van der Waals surface area contributed by atoms with Gasteiger partial charge in [0.2, 0.25) is 5.95 Å². The van der Waals surface area contributed by atoms with E-state index in [1.807, 2.05) is 79.4 Å². The first-order chi connectivity index (χ1) is 34.2. The predicted molar refractivity (Wildman–Crippen MR) is 269 cm³/mol. The first kappa shape index (κ1) is 47.5. The van der Waals surface area contributed by atoms with Gasteiger partial charge in [0.15, 0.2) is 5.82 Å². The highest BCUT2D eigenvalue weighted by atomic mass is 16.5. The monoisotopic (exact) mass is 950 g/mol. The molecule has 20 nitrogen and oxygen atoms in total. The molecule has 364 valence electrons. The van der Waals surface area contributed by atoms with Gasteiger partial charge < -0.3 is 40.3 Å². The van der Waals surface area contributed by atoms with Gasteiger partial charge in [0.1, 0.15) is 39.2 Å². The Labute approximate surface area is 403 Å². The number of aromatic amines is 2. The number of methoxy groups -OCH3 is 1. The van der Waals surface area contributed by atoms with Gasteiger partial charge in [-0.3, -0.25) is 19.3 Å². The van der Waals surface area contributed by atoms with Crippen LogP contribution in [-0.4, -0.2) is 129 Å². The number of fused-ring (bicyclic) bond motifs is 2. The third-order valence-electron chi connectivity index (χ3n) is 13.2. The summed E-state index contributed by atoms with van der Waals surface area (Å²) < 4.78 is 10.7. The number of aliphatic carboxylic acids is 1. The van der Waals surface area contributed by atoms with Gasteiger partial charge in [-0.2, -0.15) is 15.2 Å². The SMILES string of the molecule is CC.COc1ccc(-c2nc(Nc3ccc(CN4CCNCC4)cc3)c3c(=O)[nH]ncc3n2)cc1.O=C(O)C1CC12CCN(c1ccc(Nc3nc(N4CCOCC4)nc4cn[nH]c(=O)c34)cc1)CC2. The molecule has 20 heteroatoms. The van der Waals surface area contributed by atoms with Gasteiger partial charge in [0.25, 0.3) is 11.1 Å². The average Bonchev–Trinajstić information content (AvgIpc) is 4.11. The third kappa shape index (κ3) is 10.7. The van der Waals surface area contributed by atoms with Crippen molar-refractivity contribution in [3.8, 4) is 17.1 Å². The molecule has 7 aromatic rings. The van der Waals surface area contributed by atoms with Crippen LogP contribution in [0, 0.1) is 11.3 Å². The molecule has 11 rings (SSSR count). The second kappa shape index (κ2) is 21.4. The summed E-state index contributed by atoms with van der Waals surface area (Å²) in [6, 6.07) is 23.7. The van der Waals surface area contributed by atoms with Gasteiger partial charge in [0.05, 0.1) is 38.6 Å². The van der Waals surface area contributed by atoms with Gasteiger partial charge in [-0.05, 0) is 90.9 Å². The second-order valence-electron chi connectivity index (χ2n) is 17.5. The van der Waals surface area contributed by atoms with Crippen molar-refractivity contribution < 1.29 is 19.4 Å². The summed E-state index contributed by atoms with van der Waals surface area (Å²) in [5.74, 6) is 1.82. The number of piperidine rings is 1. The Balaban J connectivity index is 0.000000168. The number of nitrogens with zero attached hydrogens (tertiary/aromatic N) is 9. The molecule has 0 amide bonds. The van der Waals surface area contributed by atoms with Crippen LogP contribution in [-0.2, 0) is 16.1 Å². The van der Waals surface area contributed by atoms with Gasteiger partial charge in [-0.1, -0.05) is 26.0 Å². The van der Waals surface area contributed by atoms with Crippen LogP contribution in [0.5, 0.6) is 5.75 Å². The lowest BCUT2D eigenvalue weighted by Gasteiger charge is -2.34. The number of nitrogens with one attached hydrogen (secondary N) is 5. The van der Waals surface area contributed by atoms with E-state index in [1.165, 1.54) is 18.0 Å². The lowest BCUT2D eigenvalue weighted by Crippen LogP contribution is -2.42. The number of carboxylic acid groups (broad SMARTS) is 1. The zero-order valence-electron chi connectivity index (χ0n) is 39.6. The second-order valence-corrected chi connectivity index (χ2v) is 17.5. The van der Waals surface area contributed by atoms with E-state index in [0.717, 1.165) is 93.5 Å². The van der Waals surface area contributed by atoms with Crippen LogP contribution in [0.1, 0.15) is 38.7 Å². The molecule has 70 heavy (non-hydrogen) atoms. The molecule has 1 atom stereocenters. The van der Waals surface area contributed by atoms with E-state index >= 15 is 0 Å². The topological polar surface area (TPSA) is 245 Å². The molecule has 3 saturated heterocycles. The molecule has 3 aromatic carbocycles. The molecule has 4 aliphatic rings. The highest BCUT2D eigenvalue weighted by molar-refractivity contribution is 5.92. The summed E-state index contributed by atoms with van der Waals surface area (Å²) in [7, 11) is 1.62. The molecule has 1 spiro atoms. The number of hydrogen-bond donors (Lipinski definition) is 6. The Morgan fingerprint density at radius 3 is 1.91 bits per heavy atom. The molecule has 7 heterocycles. The van der Waals surface area contributed by atoms with Crippen LogP contribution >= 0.6 is 0 Å². The zero-order valence-corrected chi connectivity index (χ0v) is 39.6. The van der Waals surface area contributed by atoms with E-state index < -0.39 is 5.97 Å². The number of ether oxygens (including phenoxy) is 2. The fourth-order valence-corrected chi connectivity index (χ4v) is 9.26. The summed E-state index contributed by atoms with van der Waals surface area (Å²) in [4.78, 5) is 61.7. The van der Waals surface area contributed by atoms with Crippen molar-refractivity contribution in [3.63, 3.8) is 0 Å². The van der Waals surface area contributed by atoms with E-state index in [2.05, 4.69) is 78.2 Å². The molecule has 1 saturated carbocycles. The van der Waals surface area contributed by atoms with Crippen molar-refractivity contribution >= 4 is 62.4 Å². The largest absolute Gasteiger partial charge is 0.497 e. The number of carboxylic acids is 1. The Bertz CT molecular complexity index is 3020. The van der Waals surface area contributed by atoms with Gasteiger partial charge in [-0.25, -0.2) is 25.1 Å². The molecule has 4 aromatic heterocycles. The van der Waals surface area contributed by atoms with E-state index in [-0.39, 0.29) is 22.5 Å². The van der Waals surface area contributed by atoms with Gasteiger partial charge in [0, 0.05) is 81.5 Å².